The van der Waals surface area contributed by atoms with Crippen LogP contribution in [0.15, 0.2) is 60.5 Å². The summed E-state index contributed by atoms with van der Waals surface area (Å²) < 4.78 is 5.88. The summed E-state index contributed by atoms with van der Waals surface area (Å²) in [6.07, 6.45) is 6.90. The maximum Gasteiger partial charge on any atom is 0.278 e. The summed E-state index contributed by atoms with van der Waals surface area (Å²) >= 11 is 1.38. The third-order valence-corrected chi connectivity index (χ3v) is 5.29. The predicted octanol–water partition coefficient (Wildman–Crippen LogP) is 4.90. The number of nitrogens with one attached hydrogen (secondary N) is 1. The van der Waals surface area contributed by atoms with Crippen molar-refractivity contribution in [3.05, 3.63) is 83.0 Å². The molecular weight excluding hydrogens is 410 g/mol. The van der Waals surface area contributed by atoms with Gasteiger partial charge in [-0.3, -0.25) is 9.78 Å². The van der Waals surface area contributed by atoms with Crippen LogP contribution in [0.4, 0.5) is 0 Å². The Hall–Kier alpha value is -3.65. The van der Waals surface area contributed by atoms with Gasteiger partial charge in [0.1, 0.15) is 11.6 Å². The van der Waals surface area contributed by atoms with E-state index in [0.717, 1.165) is 22.4 Å². The Morgan fingerprint density at radius 3 is 2.52 bits per heavy atom. The quantitative estimate of drug-likeness (QED) is 0.467. The summed E-state index contributed by atoms with van der Waals surface area (Å²) in [6.45, 7) is 5.69. The second-order valence-corrected chi connectivity index (χ2v) is 7.98. The number of benzene rings is 1. The molecule has 31 heavy (non-hydrogen) atoms. The molecule has 0 saturated carbocycles. The molecule has 0 aliphatic heterocycles. The van der Waals surface area contributed by atoms with Crippen LogP contribution in [-0.4, -0.2) is 25.8 Å². The van der Waals surface area contributed by atoms with Gasteiger partial charge >= 0.3 is 0 Å². The van der Waals surface area contributed by atoms with E-state index in [2.05, 4.69) is 25.3 Å². The van der Waals surface area contributed by atoms with Gasteiger partial charge in [-0.1, -0.05) is 17.4 Å². The fourth-order valence-electron chi connectivity index (χ4n) is 2.93. The second kappa shape index (κ2) is 9.01. The molecule has 7 nitrogen and oxygen atoms in total. The Labute approximate surface area is 184 Å². The molecule has 3 heterocycles. The number of nitrogens with zero attached hydrogens (tertiary/aromatic N) is 4. The molecule has 1 atom stereocenters. The molecule has 0 radical (unpaired) electrons. The van der Waals surface area contributed by atoms with Crippen LogP contribution in [0, 0.1) is 13.8 Å². The number of aryl methyl sites for hydroxylation is 2. The van der Waals surface area contributed by atoms with Gasteiger partial charge in [0.15, 0.2) is 0 Å². The third kappa shape index (κ3) is 5.10. The third-order valence-electron chi connectivity index (χ3n) is 4.64. The smallest absolute Gasteiger partial charge is 0.278 e. The average Bonchev–Trinajstić information content (AvgIpc) is 3.27. The summed E-state index contributed by atoms with van der Waals surface area (Å²) in [5.74, 6) is 0.974. The molecule has 0 bridgehead atoms. The first kappa shape index (κ1) is 20.6. The molecule has 1 unspecified atom stereocenters. The molecule has 1 amide bonds. The van der Waals surface area contributed by atoms with E-state index in [1.54, 1.807) is 36.9 Å². The first-order valence-corrected chi connectivity index (χ1v) is 10.6. The van der Waals surface area contributed by atoms with E-state index >= 15 is 0 Å². The lowest BCUT2D eigenvalue weighted by Gasteiger charge is -2.15. The number of carbonyl (C=O) groups excluding carboxylic acids is 1. The largest absolute Gasteiger partial charge is 0.431 e. The second-order valence-electron chi connectivity index (χ2n) is 7.13. The topological polar surface area (TPSA) is 89.9 Å². The maximum absolute atomic E-state index is 13.0. The zero-order chi connectivity index (χ0) is 21.8. The van der Waals surface area contributed by atoms with Crippen molar-refractivity contribution in [3.8, 4) is 22.2 Å². The van der Waals surface area contributed by atoms with Crippen molar-refractivity contribution in [2.45, 2.75) is 26.8 Å². The highest BCUT2D eigenvalue weighted by Crippen LogP contribution is 2.30. The monoisotopic (exact) mass is 431 g/mol. The lowest BCUT2D eigenvalue weighted by Crippen LogP contribution is -2.27. The van der Waals surface area contributed by atoms with E-state index in [9.17, 15) is 4.79 Å². The Kier molecular flexibility index (Phi) is 5.99. The first-order valence-electron chi connectivity index (χ1n) is 9.73. The number of rotatable bonds is 6. The van der Waals surface area contributed by atoms with E-state index in [0.29, 0.717) is 22.3 Å². The summed E-state index contributed by atoms with van der Waals surface area (Å²) in [6, 6.07) is 9.01. The number of hydrogen-bond acceptors (Lipinski definition) is 7. The van der Waals surface area contributed by atoms with Crippen LogP contribution in [0.3, 0.4) is 0 Å². The number of aromatic nitrogens is 4. The van der Waals surface area contributed by atoms with Crippen molar-refractivity contribution >= 4 is 17.2 Å². The minimum atomic E-state index is -0.252. The van der Waals surface area contributed by atoms with E-state index in [4.69, 9.17) is 4.74 Å². The fraction of sp³-hybridized carbons (Fsp3) is 0.174. The van der Waals surface area contributed by atoms with Crippen molar-refractivity contribution in [2.75, 3.05) is 0 Å². The number of hydrogen-bond donors (Lipinski definition) is 1. The van der Waals surface area contributed by atoms with E-state index in [1.165, 1.54) is 11.3 Å². The number of amides is 1. The van der Waals surface area contributed by atoms with Gasteiger partial charge in [0.25, 0.3) is 11.1 Å². The van der Waals surface area contributed by atoms with Crippen LogP contribution in [0.1, 0.15) is 40.3 Å². The van der Waals surface area contributed by atoms with E-state index in [-0.39, 0.29) is 11.9 Å². The molecule has 0 spiro atoms. The molecule has 0 fully saturated rings. The molecular formula is C23H21N5O2S. The van der Waals surface area contributed by atoms with Crippen molar-refractivity contribution < 1.29 is 9.53 Å². The average molecular weight is 432 g/mol. The van der Waals surface area contributed by atoms with Gasteiger partial charge in [-0.15, -0.1) is 0 Å². The van der Waals surface area contributed by atoms with Crippen LogP contribution in [0.5, 0.6) is 10.9 Å². The van der Waals surface area contributed by atoms with Crippen molar-refractivity contribution in [2.24, 2.45) is 0 Å². The van der Waals surface area contributed by atoms with Crippen molar-refractivity contribution in [3.63, 3.8) is 0 Å². The van der Waals surface area contributed by atoms with E-state index in [1.807, 2.05) is 44.4 Å². The molecule has 0 saturated heterocycles. The normalized spacial score (nSPS) is 11.7. The van der Waals surface area contributed by atoms with Gasteiger partial charge in [0.05, 0.1) is 11.7 Å². The summed E-state index contributed by atoms with van der Waals surface area (Å²) in [4.78, 5) is 30.1. The van der Waals surface area contributed by atoms with Crippen LogP contribution >= 0.6 is 11.3 Å². The highest BCUT2D eigenvalue weighted by Gasteiger charge is 2.16. The van der Waals surface area contributed by atoms with Crippen LogP contribution in [0.25, 0.3) is 11.3 Å². The number of thiazole rings is 1. The molecule has 0 aliphatic rings. The maximum atomic E-state index is 13.0. The zero-order valence-electron chi connectivity index (χ0n) is 17.4. The first-order chi connectivity index (χ1) is 15.0. The summed E-state index contributed by atoms with van der Waals surface area (Å²) in [5.41, 5.74) is 3.89. The van der Waals surface area contributed by atoms with Crippen LogP contribution < -0.4 is 10.1 Å². The van der Waals surface area contributed by atoms with Crippen molar-refractivity contribution in [1.82, 2.24) is 25.3 Å². The van der Waals surface area contributed by atoms with Gasteiger partial charge < -0.3 is 10.1 Å². The van der Waals surface area contributed by atoms with Gasteiger partial charge in [-0.05, 0) is 50.6 Å². The molecule has 3 aromatic heterocycles. The van der Waals surface area contributed by atoms with Crippen LogP contribution in [-0.2, 0) is 0 Å². The zero-order valence-corrected chi connectivity index (χ0v) is 18.2. The van der Waals surface area contributed by atoms with Gasteiger partial charge in [0, 0.05) is 46.9 Å². The SMILES string of the molecule is Cc1ccc(-c2cc(Oc3nccs3)cc(C(=O)NC(C)c3cnc(C)nc3)c2)nc1. The molecule has 4 aromatic rings. The predicted molar refractivity (Wildman–Crippen MR) is 119 cm³/mol. The summed E-state index contributed by atoms with van der Waals surface area (Å²) in [5, 5.41) is 5.34. The minimum Gasteiger partial charge on any atom is -0.431 e. The van der Waals surface area contributed by atoms with E-state index < -0.39 is 0 Å². The summed E-state index contributed by atoms with van der Waals surface area (Å²) in [7, 11) is 0. The van der Waals surface area contributed by atoms with Crippen molar-refractivity contribution in [1.29, 1.82) is 0 Å². The lowest BCUT2D eigenvalue weighted by atomic mass is 10.0. The van der Waals surface area contributed by atoms with Gasteiger partial charge in [-0.25, -0.2) is 15.0 Å². The molecule has 4 rings (SSSR count). The number of carbonyl (C=O) groups is 1. The molecule has 156 valence electrons. The number of pyridine rings is 1. The standard InChI is InChI=1S/C23H21N5O2S/c1-14-4-5-21(27-11-14)17-8-18(10-20(9-17)30-23-24-6-7-31-23)22(29)28-15(2)19-12-25-16(3)26-13-19/h4-13,15H,1-3H3,(H,28,29). The van der Waals surface area contributed by atoms with Crippen LogP contribution in [0.2, 0.25) is 0 Å². The molecule has 8 heteroatoms. The minimum absolute atomic E-state index is 0.231. The highest BCUT2D eigenvalue weighted by molar-refractivity contribution is 7.11. The highest BCUT2D eigenvalue weighted by atomic mass is 32.1. The Balaban J connectivity index is 1.64. The Morgan fingerprint density at radius 2 is 1.84 bits per heavy atom. The molecule has 0 aliphatic carbocycles. The van der Waals surface area contributed by atoms with Gasteiger partial charge in [-0.2, -0.15) is 0 Å². The fourth-order valence-corrected chi connectivity index (χ4v) is 3.43. The van der Waals surface area contributed by atoms with Gasteiger partial charge in [0.2, 0.25) is 0 Å². The Morgan fingerprint density at radius 1 is 1.03 bits per heavy atom. The number of ether oxygens (including phenoxy) is 1. The Bertz CT molecular complexity index is 1180. The lowest BCUT2D eigenvalue weighted by molar-refractivity contribution is 0.0939. The molecule has 1 N–H and O–H groups in total. The molecule has 1 aromatic carbocycles.